The predicted octanol–water partition coefficient (Wildman–Crippen LogP) is 4.33. The summed E-state index contributed by atoms with van der Waals surface area (Å²) in [7, 11) is -3.86. The summed E-state index contributed by atoms with van der Waals surface area (Å²) >= 11 is 0. The van der Waals surface area contributed by atoms with Crippen LogP contribution in [0.25, 0.3) is 22.2 Å². The highest BCUT2D eigenvalue weighted by Crippen LogP contribution is 2.36. The first-order valence-corrected chi connectivity index (χ1v) is 13.0. The van der Waals surface area contributed by atoms with Crippen LogP contribution in [-0.2, 0) is 21.4 Å². The quantitative estimate of drug-likeness (QED) is 0.380. The van der Waals surface area contributed by atoms with E-state index in [4.69, 9.17) is 15.0 Å². The zero-order valence-corrected chi connectivity index (χ0v) is 20.6. The van der Waals surface area contributed by atoms with Crippen molar-refractivity contribution in [3.8, 4) is 11.1 Å². The van der Waals surface area contributed by atoms with E-state index in [-0.39, 0.29) is 23.0 Å². The molecule has 0 amide bonds. The van der Waals surface area contributed by atoms with Gasteiger partial charge < -0.3 is 4.74 Å². The minimum absolute atomic E-state index is 0.0815. The molecule has 1 aromatic carbocycles. The molecular formula is C27H23FN4O4S. The molecule has 3 aromatic heterocycles. The maximum Gasteiger partial charge on any atom is 0.338 e. The number of halogens is 1. The lowest BCUT2D eigenvalue weighted by molar-refractivity contribution is 0.0465. The Balaban J connectivity index is 1.50. The number of carbonyl (C=O) groups is 1. The zero-order valence-electron chi connectivity index (χ0n) is 19.8. The molecule has 1 aliphatic rings. The van der Waals surface area contributed by atoms with Gasteiger partial charge in [0.25, 0.3) is 0 Å². The van der Waals surface area contributed by atoms with Crippen molar-refractivity contribution in [2.75, 3.05) is 0 Å². The topological polar surface area (TPSA) is 117 Å². The summed E-state index contributed by atoms with van der Waals surface area (Å²) in [5.41, 5.74) is 4.82. The Bertz CT molecular complexity index is 1650. The number of fused-ring (bicyclic) bond motifs is 1. The fourth-order valence-corrected chi connectivity index (χ4v) is 4.72. The van der Waals surface area contributed by atoms with Crippen LogP contribution in [0.2, 0.25) is 0 Å². The summed E-state index contributed by atoms with van der Waals surface area (Å²) < 4.78 is 44.2. The highest BCUT2D eigenvalue weighted by atomic mass is 32.2. The molecule has 5 rings (SSSR count). The van der Waals surface area contributed by atoms with Gasteiger partial charge >= 0.3 is 5.97 Å². The maximum atomic E-state index is 14.1. The van der Waals surface area contributed by atoms with Gasteiger partial charge in [-0.2, -0.15) is 5.10 Å². The third kappa shape index (κ3) is 4.93. The summed E-state index contributed by atoms with van der Waals surface area (Å²) in [5, 5.41) is 9.95. The molecule has 0 fully saturated rings. The lowest BCUT2D eigenvalue weighted by Gasteiger charge is -2.16. The van der Waals surface area contributed by atoms with Crippen molar-refractivity contribution in [3.63, 3.8) is 0 Å². The second-order valence-electron chi connectivity index (χ2n) is 8.70. The average molecular weight is 519 g/mol. The second-order valence-corrected chi connectivity index (χ2v) is 10.3. The number of hydrogen-bond acceptors (Lipinski definition) is 6. The number of hydrogen-bond donors (Lipinski definition) is 1. The Morgan fingerprint density at radius 1 is 1.11 bits per heavy atom. The highest BCUT2D eigenvalue weighted by Gasteiger charge is 2.23. The van der Waals surface area contributed by atoms with Crippen LogP contribution in [0.3, 0.4) is 0 Å². The molecule has 2 atom stereocenters. The molecular weight excluding hydrogens is 495 g/mol. The maximum absolute atomic E-state index is 14.1. The molecule has 188 valence electrons. The lowest BCUT2D eigenvalue weighted by atomic mass is 9.92. The van der Waals surface area contributed by atoms with Crippen molar-refractivity contribution in [2.45, 2.75) is 24.6 Å². The standard InChI is InChI=1S/C27H23FN4O4S/c1-17-15-20(7-10-23(17)28)26-25(18-11-13-30-14-12-18)24-4-2-3-21(32(24)31-26)16-36-27(33)19-5-8-22(9-6-19)37(29,34)35/h2-15,17,23H,16H2,1H3,(H2,29,34,35). The van der Waals surface area contributed by atoms with Gasteiger partial charge in [0.05, 0.1) is 21.7 Å². The van der Waals surface area contributed by atoms with Crippen LogP contribution >= 0.6 is 0 Å². The number of pyridine rings is 2. The van der Waals surface area contributed by atoms with Crippen LogP contribution in [0, 0.1) is 5.92 Å². The minimum atomic E-state index is -3.86. The van der Waals surface area contributed by atoms with E-state index in [1.165, 1.54) is 30.3 Å². The van der Waals surface area contributed by atoms with Gasteiger partial charge in [0, 0.05) is 23.9 Å². The van der Waals surface area contributed by atoms with Crippen LogP contribution in [-0.4, -0.2) is 35.2 Å². The molecule has 10 heteroatoms. The molecule has 4 aromatic rings. The van der Waals surface area contributed by atoms with E-state index in [0.717, 1.165) is 22.2 Å². The zero-order chi connectivity index (χ0) is 26.2. The molecule has 37 heavy (non-hydrogen) atoms. The summed E-state index contributed by atoms with van der Waals surface area (Å²) in [6.45, 7) is 1.73. The normalized spacial score (nSPS) is 17.5. The number of nitrogens with two attached hydrogens (primary N) is 1. The van der Waals surface area contributed by atoms with Crippen LogP contribution in [0.1, 0.15) is 28.7 Å². The molecule has 0 radical (unpaired) electrons. The highest BCUT2D eigenvalue weighted by molar-refractivity contribution is 7.89. The van der Waals surface area contributed by atoms with E-state index in [1.807, 2.05) is 37.3 Å². The van der Waals surface area contributed by atoms with Gasteiger partial charge in [0.1, 0.15) is 18.5 Å². The van der Waals surface area contributed by atoms with Crippen molar-refractivity contribution >= 4 is 27.1 Å². The smallest absolute Gasteiger partial charge is 0.338 e. The van der Waals surface area contributed by atoms with Crippen molar-refractivity contribution < 1.29 is 22.3 Å². The third-order valence-electron chi connectivity index (χ3n) is 6.15. The first kappa shape index (κ1) is 24.5. The SMILES string of the molecule is CC1C=C(c2nn3c(COC(=O)c4ccc(S(N)(=O)=O)cc4)cccc3c2-c2ccncc2)C=CC1F. The van der Waals surface area contributed by atoms with Gasteiger partial charge in [0.15, 0.2) is 0 Å². The summed E-state index contributed by atoms with van der Waals surface area (Å²) in [6.07, 6.45) is 7.47. The summed E-state index contributed by atoms with van der Waals surface area (Å²) in [5.74, 6) is -0.920. The van der Waals surface area contributed by atoms with Gasteiger partial charge in [0.2, 0.25) is 10.0 Å². The Morgan fingerprint density at radius 3 is 2.51 bits per heavy atom. The number of alkyl halides is 1. The average Bonchev–Trinajstić information content (AvgIpc) is 3.29. The van der Waals surface area contributed by atoms with Gasteiger partial charge in [-0.25, -0.2) is 27.3 Å². The number of nitrogens with zero attached hydrogens (tertiary/aromatic N) is 3. The first-order chi connectivity index (χ1) is 17.7. The van der Waals surface area contributed by atoms with E-state index >= 15 is 0 Å². The van der Waals surface area contributed by atoms with Gasteiger partial charge in [-0.05, 0) is 65.7 Å². The van der Waals surface area contributed by atoms with Gasteiger partial charge in [-0.3, -0.25) is 4.98 Å². The second kappa shape index (κ2) is 9.72. The number of sulfonamides is 1. The van der Waals surface area contributed by atoms with E-state index in [0.29, 0.717) is 11.4 Å². The van der Waals surface area contributed by atoms with Crippen LogP contribution in [0.5, 0.6) is 0 Å². The van der Waals surface area contributed by atoms with Crippen LogP contribution < -0.4 is 5.14 Å². The predicted molar refractivity (Wildman–Crippen MR) is 137 cm³/mol. The molecule has 1 aliphatic carbocycles. The third-order valence-corrected chi connectivity index (χ3v) is 7.08. The van der Waals surface area contributed by atoms with Crippen molar-refractivity contribution in [1.82, 2.24) is 14.6 Å². The van der Waals surface area contributed by atoms with Gasteiger partial charge in [-0.15, -0.1) is 0 Å². The lowest BCUT2D eigenvalue weighted by Crippen LogP contribution is -2.13. The number of esters is 1. The number of benzene rings is 1. The number of primary sulfonamides is 1. The monoisotopic (exact) mass is 518 g/mol. The first-order valence-electron chi connectivity index (χ1n) is 11.5. The molecule has 2 unspecified atom stereocenters. The Kier molecular flexibility index (Phi) is 6.45. The fourth-order valence-electron chi connectivity index (χ4n) is 4.20. The van der Waals surface area contributed by atoms with Crippen LogP contribution in [0.15, 0.2) is 90.1 Å². The molecule has 3 heterocycles. The number of allylic oxidation sites excluding steroid dienone is 4. The van der Waals surface area contributed by atoms with Crippen LogP contribution in [0.4, 0.5) is 4.39 Å². The Morgan fingerprint density at radius 2 is 1.84 bits per heavy atom. The molecule has 0 aliphatic heterocycles. The molecule has 0 saturated carbocycles. The van der Waals surface area contributed by atoms with Crippen molar-refractivity contribution in [3.05, 3.63) is 102 Å². The molecule has 8 nitrogen and oxygen atoms in total. The molecule has 0 bridgehead atoms. The van der Waals surface area contributed by atoms with E-state index < -0.39 is 22.2 Å². The van der Waals surface area contributed by atoms with E-state index in [2.05, 4.69) is 4.98 Å². The largest absolute Gasteiger partial charge is 0.456 e. The Hall–Kier alpha value is -4.15. The molecule has 0 spiro atoms. The van der Waals surface area contributed by atoms with Gasteiger partial charge in [-0.1, -0.05) is 25.1 Å². The van der Waals surface area contributed by atoms with E-state index in [1.54, 1.807) is 29.1 Å². The summed E-state index contributed by atoms with van der Waals surface area (Å²) in [4.78, 5) is 16.6. The summed E-state index contributed by atoms with van der Waals surface area (Å²) in [6, 6.07) is 14.5. The number of ether oxygens (including phenoxy) is 1. The number of carbonyl (C=O) groups excluding carboxylic acids is 1. The minimum Gasteiger partial charge on any atom is -0.456 e. The Labute approximate surface area is 213 Å². The van der Waals surface area contributed by atoms with E-state index in [9.17, 15) is 17.6 Å². The molecule has 2 N–H and O–H groups in total. The van der Waals surface area contributed by atoms with Crippen molar-refractivity contribution in [1.29, 1.82) is 0 Å². The molecule has 0 saturated heterocycles. The number of rotatable bonds is 6. The number of aromatic nitrogens is 3. The fraction of sp³-hybridized carbons (Fsp3) is 0.148. The van der Waals surface area contributed by atoms with Crippen molar-refractivity contribution in [2.24, 2.45) is 11.1 Å².